The Balaban J connectivity index is 1.74. The van der Waals surface area contributed by atoms with Crippen molar-refractivity contribution in [3.63, 3.8) is 0 Å². The van der Waals surface area contributed by atoms with Crippen molar-refractivity contribution in [3.8, 4) is 0 Å². The van der Waals surface area contributed by atoms with Gasteiger partial charge in [-0.25, -0.2) is 14.8 Å². The minimum atomic E-state index is -0.965. The number of fused-ring (bicyclic) bond motifs is 1. The van der Waals surface area contributed by atoms with Crippen LogP contribution in [0.25, 0.3) is 11.4 Å². The van der Waals surface area contributed by atoms with E-state index in [0.717, 1.165) is 16.9 Å². The Morgan fingerprint density at radius 2 is 1.78 bits per heavy atom. The number of aromatic nitrogens is 3. The summed E-state index contributed by atoms with van der Waals surface area (Å²) in [6, 6.07) is 11.7. The molecular weight excluding hydrogens is 480 g/mol. The van der Waals surface area contributed by atoms with Gasteiger partial charge in [0.05, 0.1) is 30.1 Å². The number of aryl methyl sites for hydroxylation is 3. The van der Waals surface area contributed by atoms with E-state index in [1.54, 1.807) is 38.1 Å². The Kier molecular flexibility index (Phi) is 5.68. The highest BCUT2D eigenvalue weighted by molar-refractivity contribution is 7.17. The summed E-state index contributed by atoms with van der Waals surface area (Å²) in [5.41, 5.74) is 3.26. The van der Waals surface area contributed by atoms with Gasteiger partial charge in [-0.05, 0) is 38.0 Å². The van der Waals surface area contributed by atoms with Gasteiger partial charge in [0.15, 0.2) is 10.9 Å². The molecule has 4 heterocycles. The topological polar surface area (TPSA) is 114 Å². The maximum absolute atomic E-state index is 13.4. The van der Waals surface area contributed by atoms with Crippen molar-refractivity contribution in [1.82, 2.24) is 14.4 Å². The summed E-state index contributed by atoms with van der Waals surface area (Å²) in [7, 11) is 1.26. The van der Waals surface area contributed by atoms with Crippen LogP contribution in [0.3, 0.4) is 0 Å². The summed E-state index contributed by atoms with van der Waals surface area (Å²) in [6.07, 6.45) is 1.82. The third-order valence-corrected chi connectivity index (χ3v) is 7.37. The van der Waals surface area contributed by atoms with Crippen LogP contribution in [0.15, 0.2) is 54.2 Å². The van der Waals surface area contributed by atoms with E-state index in [4.69, 9.17) is 4.74 Å². The number of benzene rings is 1. The predicted octanol–water partition coefficient (Wildman–Crippen LogP) is 4.13. The summed E-state index contributed by atoms with van der Waals surface area (Å²) in [4.78, 5) is 49.4. The number of amides is 1. The Bertz CT molecular complexity index is 1580. The van der Waals surface area contributed by atoms with Crippen LogP contribution in [0.1, 0.15) is 43.9 Å². The number of imidazole rings is 1. The van der Waals surface area contributed by atoms with E-state index in [1.165, 1.54) is 12.0 Å². The van der Waals surface area contributed by atoms with Gasteiger partial charge in [0.1, 0.15) is 16.2 Å². The highest BCUT2D eigenvalue weighted by atomic mass is 32.1. The van der Waals surface area contributed by atoms with Crippen molar-refractivity contribution >= 4 is 45.5 Å². The quantitative estimate of drug-likeness (QED) is 0.193. The molecule has 1 saturated heterocycles. The van der Waals surface area contributed by atoms with E-state index in [1.807, 2.05) is 35.7 Å². The number of aliphatic hydroxyl groups is 1. The molecule has 182 valence electrons. The summed E-state index contributed by atoms with van der Waals surface area (Å²) < 4.78 is 6.65. The zero-order valence-electron chi connectivity index (χ0n) is 20.0. The molecule has 0 aliphatic carbocycles. The number of carbonyl (C=O) groups is 3. The van der Waals surface area contributed by atoms with Gasteiger partial charge in [-0.2, -0.15) is 0 Å². The zero-order valence-corrected chi connectivity index (χ0v) is 20.8. The van der Waals surface area contributed by atoms with Crippen LogP contribution in [0.2, 0.25) is 0 Å². The molecule has 1 amide bonds. The average Bonchev–Trinajstić information content (AvgIpc) is 3.51. The zero-order chi connectivity index (χ0) is 25.7. The first-order chi connectivity index (χ1) is 17.2. The number of aliphatic hydroxyl groups excluding tert-OH is 1. The monoisotopic (exact) mass is 502 g/mol. The Morgan fingerprint density at radius 3 is 2.44 bits per heavy atom. The smallest absolute Gasteiger partial charge is 0.350 e. The highest BCUT2D eigenvalue weighted by Crippen LogP contribution is 2.44. The van der Waals surface area contributed by atoms with Crippen molar-refractivity contribution in [1.29, 1.82) is 0 Å². The number of ketones is 1. The standard InChI is InChI=1S/C26H22N4O5S/c1-13-9-8-12-29-15(3)18(28-23(13)29)20(31)17-19(16-10-6-5-7-11-16)30(24(33)21(17)32)26-27-14(2)22(36-26)25(34)35-4/h5-12,19,31H,1-4H3. The third kappa shape index (κ3) is 3.49. The lowest BCUT2D eigenvalue weighted by Gasteiger charge is -2.22. The number of pyridine rings is 1. The second kappa shape index (κ2) is 8.72. The van der Waals surface area contributed by atoms with Crippen molar-refractivity contribution in [2.24, 2.45) is 0 Å². The van der Waals surface area contributed by atoms with E-state index in [0.29, 0.717) is 22.6 Å². The fourth-order valence-electron chi connectivity index (χ4n) is 4.42. The molecule has 0 bridgehead atoms. The largest absolute Gasteiger partial charge is 0.505 e. The minimum Gasteiger partial charge on any atom is -0.505 e. The van der Waals surface area contributed by atoms with Crippen LogP contribution in [-0.2, 0) is 14.3 Å². The van der Waals surface area contributed by atoms with Gasteiger partial charge < -0.3 is 14.2 Å². The van der Waals surface area contributed by atoms with Crippen LogP contribution in [0.5, 0.6) is 0 Å². The van der Waals surface area contributed by atoms with Crippen molar-refractivity contribution in [2.75, 3.05) is 12.0 Å². The number of esters is 1. The van der Waals surface area contributed by atoms with Crippen molar-refractivity contribution in [3.05, 3.63) is 87.3 Å². The first kappa shape index (κ1) is 23.4. The lowest BCUT2D eigenvalue weighted by atomic mass is 9.96. The first-order valence-corrected chi connectivity index (χ1v) is 11.9. The van der Waals surface area contributed by atoms with Crippen LogP contribution in [-0.4, -0.2) is 44.2 Å². The molecule has 5 rings (SSSR count). The number of thiazole rings is 1. The molecule has 1 aromatic carbocycles. The number of Topliss-reactive ketones (excluding diaryl/α,β-unsaturated/α-hetero) is 1. The minimum absolute atomic E-state index is 0.0946. The van der Waals surface area contributed by atoms with Crippen LogP contribution < -0.4 is 4.90 Å². The summed E-state index contributed by atoms with van der Waals surface area (Å²) >= 11 is 0.955. The number of hydrogen-bond acceptors (Lipinski definition) is 8. The molecule has 1 N–H and O–H groups in total. The molecule has 1 aliphatic heterocycles. The van der Waals surface area contributed by atoms with Gasteiger partial charge in [-0.15, -0.1) is 0 Å². The molecule has 0 spiro atoms. The Morgan fingerprint density at radius 1 is 1.06 bits per heavy atom. The van der Waals surface area contributed by atoms with E-state index < -0.39 is 23.7 Å². The lowest BCUT2D eigenvalue weighted by molar-refractivity contribution is -0.132. The maximum Gasteiger partial charge on any atom is 0.350 e. The number of anilines is 1. The molecule has 1 aliphatic rings. The van der Waals surface area contributed by atoms with E-state index >= 15 is 0 Å². The maximum atomic E-state index is 13.4. The highest BCUT2D eigenvalue weighted by Gasteiger charge is 2.48. The Hall–Kier alpha value is -4.31. The molecular formula is C26H22N4O5S. The summed E-state index contributed by atoms with van der Waals surface area (Å²) in [5, 5.41) is 11.6. The van der Waals surface area contributed by atoms with Gasteiger partial charge in [-0.1, -0.05) is 47.7 Å². The number of carbonyl (C=O) groups excluding carboxylic acids is 3. The summed E-state index contributed by atoms with van der Waals surface area (Å²) in [6.45, 7) is 5.32. The predicted molar refractivity (Wildman–Crippen MR) is 134 cm³/mol. The number of methoxy groups -OCH3 is 1. The number of hydrogen-bond donors (Lipinski definition) is 1. The normalized spacial score (nSPS) is 17.2. The van der Waals surface area contributed by atoms with Crippen molar-refractivity contribution < 1.29 is 24.2 Å². The van der Waals surface area contributed by atoms with E-state index in [9.17, 15) is 19.5 Å². The molecule has 10 heteroatoms. The van der Waals surface area contributed by atoms with E-state index in [-0.39, 0.29) is 27.0 Å². The fourth-order valence-corrected chi connectivity index (χ4v) is 5.43. The van der Waals surface area contributed by atoms with Crippen LogP contribution in [0, 0.1) is 20.8 Å². The number of rotatable bonds is 4. The van der Waals surface area contributed by atoms with Gasteiger partial charge in [0.2, 0.25) is 0 Å². The molecule has 1 fully saturated rings. The molecule has 9 nitrogen and oxygen atoms in total. The number of ether oxygens (including phenoxy) is 1. The lowest BCUT2D eigenvalue weighted by Crippen LogP contribution is -2.29. The fraction of sp³-hybridized carbons (Fsp3) is 0.192. The molecule has 0 saturated carbocycles. The molecule has 1 unspecified atom stereocenters. The summed E-state index contributed by atoms with van der Waals surface area (Å²) in [5.74, 6) is -2.67. The molecule has 36 heavy (non-hydrogen) atoms. The van der Waals surface area contributed by atoms with E-state index in [2.05, 4.69) is 9.97 Å². The second-order valence-electron chi connectivity index (χ2n) is 8.41. The van der Waals surface area contributed by atoms with Crippen LogP contribution >= 0.6 is 11.3 Å². The number of nitrogens with zero attached hydrogens (tertiary/aromatic N) is 4. The van der Waals surface area contributed by atoms with Gasteiger partial charge in [0, 0.05) is 6.20 Å². The molecule has 3 aromatic heterocycles. The third-order valence-electron chi connectivity index (χ3n) is 6.23. The second-order valence-corrected chi connectivity index (χ2v) is 9.39. The molecule has 1 atom stereocenters. The van der Waals surface area contributed by atoms with Gasteiger partial charge in [0.25, 0.3) is 5.78 Å². The molecule has 0 radical (unpaired) electrons. The molecule has 4 aromatic rings. The average molecular weight is 503 g/mol. The van der Waals surface area contributed by atoms with Crippen molar-refractivity contribution in [2.45, 2.75) is 26.8 Å². The van der Waals surface area contributed by atoms with Gasteiger partial charge in [-0.3, -0.25) is 14.5 Å². The SMILES string of the molecule is COC(=O)c1sc(N2C(=O)C(=O)C(=C(O)c3nc4c(C)cccn4c3C)C2c2ccccc2)nc1C. The van der Waals surface area contributed by atoms with Crippen LogP contribution in [0.4, 0.5) is 5.13 Å². The van der Waals surface area contributed by atoms with Gasteiger partial charge >= 0.3 is 11.9 Å². The first-order valence-electron chi connectivity index (χ1n) is 11.1. The Labute approximate surface area is 210 Å².